The molecule has 1 aliphatic rings. The topological polar surface area (TPSA) is 59.5 Å². The van der Waals surface area contributed by atoms with E-state index in [1.54, 1.807) is 41.6 Å². The molecule has 2 heterocycles. The lowest BCUT2D eigenvalue weighted by atomic mass is 10.1. The number of rotatable bonds is 2. The molecule has 0 saturated heterocycles. The largest absolute Gasteiger partial charge is 0.456 e. The van der Waals surface area contributed by atoms with Crippen LogP contribution in [0.1, 0.15) is 52.6 Å². The minimum atomic E-state index is -0.555. The lowest BCUT2D eigenvalue weighted by Gasteiger charge is -2.23. The first-order chi connectivity index (χ1) is 12.2. The number of pyridine rings is 1. The fourth-order valence-electron chi connectivity index (χ4n) is 2.56. The average molecular weight is 415 g/mol. The third kappa shape index (κ3) is 4.19. The number of hydrogen-bond donors (Lipinski definition) is 0. The zero-order valence-electron chi connectivity index (χ0n) is 14.8. The van der Waals surface area contributed by atoms with Crippen LogP contribution < -0.4 is 0 Å². The van der Waals surface area contributed by atoms with Crippen LogP contribution in [0.5, 0.6) is 0 Å². The molecule has 1 aromatic carbocycles. The molecule has 0 radical (unpaired) electrons. The van der Waals surface area contributed by atoms with E-state index in [2.05, 4.69) is 20.9 Å². The zero-order chi connectivity index (χ0) is 18.9. The first-order valence-corrected chi connectivity index (χ1v) is 8.99. The molecule has 0 bridgehead atoms. The third-order valence-corrected chi connectivity index (χ3v) is 4.23. The fourth-order valence-corrected chi connectivity index (χ4v) is 2.94. The smallest absolute Gasteiger partial charge is 0.338 e. The number of carbonyl (C=O) groups excluding carboxylic acids is 2. The maximum Gasteiger partial charge on any atom is 0.338 e. The van der Waals surface area contributed by atoms with Crippen molar-refractivity contribution in [2.75, 3.05) is 0 Å². The highest BCUT2D eigenvalue weighted by Gasteiger charge is 2.21. The normalized spacial score (nSPS) is 13.3. The van der Waals surface area contributed by atoms with Crippen molar-refractivity contribution in [2.24, 2.45) is 0 Å². The summed E-state index contributed by atoms with van der Waals surface area (Å²) in [5, 5.41) is 0. The molecule has 1 aliphatic heterocycles. The van der Waals surface area contributed by atoms with Crippen LogP contribution in [0, 0.1) is 0 Å². The summed E-state index contributed by atoms with van der Waals surface area (Å²) in [7, 11) is 0. The van der Waals surface area contributed by atoms with Crippen LogP contribution in [-0.4, -0.2) is 27.4 Å². The monoisotopic (exact) mass is 414 g/mol. The standard InChI is InChI=1S/C20H19BrN2O3/c1-20(2,3)26-19(25)14-6-4-13(5-7-14)18(24)23-9-8-15-11-22-17(21)10-16(15)12-23/h4-11H,12H2,1-3H3. The number of esters is 1. The van der Waals surface area contributed by atoms with Crippen molar-refractivity contribution in [2.45, 2.75) is 32.9 Å². The Labute approximate surface area is 160 Å². The second-order valence-electron chi connectivity index (χ2n) is 7.03. The van der Waals surface area contributed by atoms with Gasteiger partial charge in [-0.25, -0.2) is 9.78 Å². The number of halogens is 1. The second kappa shape index (κ2) is 7.03. The maximum atomic E-state index is 12.7. The molecule has 0 fully saturated rings. The Morgan fingerprint density at radius 3 is 2.46 bits per heavy atom. The van der Waals surface area contributed by atoms with Gasteiger partial charge in [-0.05, 0) is 84.2 Å². The number of amides is 1. The minimum absolute atomic E-state index is 0.129. The van der Waals surface area contributed by atoms with Crippen LogP contribution in [0.15, 0.2) is 47.3 Å². The Hall–Kier alpha value is -2.47. The highest BCUT2D eigenvalue weighted by atomic mass is 79.9. The molecule has 1 amide bonds. The van der Waals surface area contributed by atoms with Gasteiger partial charge in [-0.2, -0.15) is 0 Å². The predicted molar refractivity (Wildman–Crippen MR) is 102 cm³/mol. The summed E-state index contributed by atoms with van der Waals surface area (Å²) in [5.41, 5.74) is 2.40. The second-order valence-corrected chi connectivity index (χ2v) is 7.85. The van der Waals surface area contributed by atoms with E-state index in [0.29, 0.717) is 17.7 Å². The molecular formula is C20H19BrN2O3. The van der Waals surface area contributed by atoms with Crippen LogP contribution >= 0.6 is 15.9 Å². The van der Waals surface area contributed by atoms with E-state index in [9.17, 15) is 9.59 Å². The molecule has 0 N–H and O–H groups in total. The van der Waals surface area contributed by atoms with E-state index in [4.69, 9.17) is 4.74 Å². The molecule has 0 unspecified atom stereocenters. The first kappa shape index (κ1) is 18.3. The molecule has 0 spiro atoms. The summed E-state index contributed by atoms with van der Waals surface area (Å²) in [4.78, 5) is 30.6. The summed E-state index contributed by atoms with van der Waals surface area (Å²) in [6.07, 6.45) is 5.39. The Morgan fingerprint density at radius 1 is 1.15 bits per heavy atom. The molecule has 3 rings (SSSR count). The van der Waals surface area contributed by atoms with Gasteiger partial charge in [0.1, 0.15) is 10.2 Å². The van der Waals surface area contributed by atoms with Crippen molar-refractivity contribution in [3.8, 4) is 0 Å². The van der Waals surface area contributed by atoms with Crippen LogP contribution in [-0.2, 0) is 11.3 Å². The summed E-state index contributed by atoms with van der Waals surface area (Å²) in [6.45, 7) is 5.92. The molecule has 0 aliphatic carbocycles. The molecule has 1 aromatic heterocycles. The van der Waals surface area contributed by atoms with E-state index in [-0.39, 0.29) is 5.91 Å². The number of carbonyl (C=O) groups is 2. The summed E-state index contributed by atoms with van der Waals surface area (Å²) in [6, 6.07) is 8.43. The zero-order valence-corrected chi connectivity index (χ0v) is 16.4. The number of nitrogens with zero attached hydrogens (tertiary/aromatic N) is 2. The van der Waals surface area contributed by atoms with Gasteiger partial charge in [-0.3, -0.25) is 4.79 Å². The predicted octanol–water partition coefficient (Wildman–Crippen LogP) is 4.43. The minimum Gasteiger partial charge on any atom is -0.456 e. The van der Waals surface area contributed by atoms with Crippen molar-refractivity contribution in [3.05, 3.63) is 69.6 Å². The highest BCUT2D eigenvalue weighted by molar-refractivity contribution is 9.10. The number of fused-ring (bicyclic) bond motifs is 1. The van der Waals surface area contributed by atoms with Gasteiger partial charge in [0.05, 0.1) is 12.1 Å². The Kier molecular flexibility index (Phi) is 4.96. The molecule has 0 atom stereocenters. The summed E-state index contributed by atoms with van der Waals surface area (Å²) >= 11 is 3.35. The Bertz CT molecular complexity index is 883. The molecule has 5 nitrogen and oxygen atoms in total. The molecular weight excluding hydrogens is 396 g/mol. The molecule has 26 heavy (non-hydrogen) atoms. The van der Waals surface area contributed by atoms with Crippen LogP contribution in [0.4, 0.5) is 0 Å². The van der Waals surface area contributed by atoms with Gasteiger partial charge in [0.15, 0.2) is 0 Å². The van der Waals surface area contributed by atoms with Crippen molar-refractivity contribution in [1.29, 1.82) is 0 Å². The number of aromatic nitrogens is 1. The van der Waals surface area contributed by atoms with E-state index in [1.165, 1.54) is 0 Å². The van der Waals surface area contributed by atoms with Crippen molar-refractivity contribution >= 4 is 33.9 Å². The van der Waals surface area contributed by atoms with Gasteiger partial charge in [-0.15, -0.1) is 0 Å². The molecule has 2 aromatic rings. The highest BCUT2D eigenvalue weighted by Crippen LogP contribution is 2.23. The van der Waals surface area contributed by atoms with Crippen molar-refractivity contribution in [1.82, 2.24) is 9.88 Å². The van der Waals surface area contributed by atoms with Crippen LogP contribution in [0.25, 0.3) is 6.08 Å². The van der Waals surface area contributed by atoms with Gasteiger partial charge in [-0.1, -0.05) is 0 Å². The maximum absolute atomic E-state index is 12.7. The third-order valence-electron chi connectivity index (χ3n) is 3.79. The van der Waals surface area contributed by atoms with Crippen molar-refractivity contribution < 1.29 is 14.3 Å². The van der Waals surface area contributed by atoms with Gasteiger partial charge in [0.2, 0.25) is 0 Å². The Balaban J connectivity index is 1.74. The molecule has 0 saturated carbocycles. The van der Waals surface area contributed by atoms with Crippen molar-refractivity contribution in [3.63, 3.8) is 0 Å². The van der Waals surface area contributed by atoms with Gasteiger partial charge in [0.25, 0.3) is 5.91 Å². The average Bonchev–Trinajstić information content (AvgIpc) is 2.59. The lowest BCUT2D eigenvalue weighted by Crippen LogP contribution is -2.27. The number of benzene rings is 1. The van der Waals surface area contributed by atoms with E-state index in [0.717, 1.165) is 15.7 Å². The number of hydrogen-bond acceptors (Lipinski definition) is 4. The van der Waals surface area contributed by atoms with Gasteiger partial charge < -0.3 is 9.64 Å². The summed E-state index contributed by atoms with van der Waals surface area (Å²) < 4.78 is 6.07. The van der Waals surface area contributed by atoms with Crippen LogP contribution in [0.3, 0.4) is 0 Å². The van der Waals surface area contributed by atoms with E-state index in [1.807, 2.05) is 32.9 Å². The van der Waals surface area contributed by atoms with Crippen LogP contribution in [0.2, 0.25) is 0 Å². The fraction of sp³-hybridized carbons (Fsp3) is 0.250. The van der Waals surface area contributed by atoms with E-state index >= 15 is 0 Å². The number of ether oxygens (including phenoxy) is 1. The Morgan fingerprint density at radius 2 is 1.81 bits per heavy atom. The van der Waals surface area contributed by atoms with Gasteiger partial charge in [0, 0.05) is 18.0 Å². The van der Waals surface area contributed by atoms with E-state index < -0.39 is 11.6 Å². The van der Waals surface area contributed by atoms with Gasteiger partial charge >= 0.3 is 5.97 Å². The first-order valence-electron chi connectivity index (χ1n) is 8.20. The quantitative estimate of drug-likeness (QED) is 0.538. The molecule has 134 valence electrons. The molecule has 6 heteroatoms. The lowest BCUT2D eigenvalue weighted by molar-refractivity contribution is 0.00693. The SMILES string of the molecule is CC(C)(C)OC(=O)c1ccc(C(=O)N2C=Cc3cnc(Br)cc3C2)cc1. The summed E-state index contributed by atoms with van der Waals surface area (Å²) in [5.74, 6) is -0.531.